The van der Waals surface area contributed by atoms with Crippen LogP contribution in [-0.2, 0) is 4.74 Å². The summed E-state index contributed by atoms with van der Waals surface area (Å²) in [6.45, 7) is 2.09. The molecule has 1 aliphatic carbocycles. The fourth-order valence-corrected chi connectivity index (χ4v) is 1.71. The van der Waals surface area contributed by atoms with Gasteiger partial charge in [-0.2, -0.15) is 0 Å². The SMILES string of the molecule is COC1CC(Nc2cnccc2C)C1. The average molecular weight is 192 g/mol. The highest BCUT2D eigenvalue weighted by Crippen LogP contribution is 2.26. The molecule has 0 atom stereocenters. The molecule has 1 saturated carbocycles. The first kappa shape index (κ1) is 9.46. The predicted octanol–water partition coefficient (Wildman–Crippen LogP) is 1.98. The lowest BCUT2D eigenvalue weighted by molar-refractivity contribution is 0.0328. The van der Waals surface area contributed by atoms with Gasteiger partial charge in [-0.3, -0.25) is 4.98 Å². The summed E-state index contributed by atoms with van der Waals surface area (Å²) in [5, 5.41) is 3.47. The van der Waals surface area contributed by atoms with E-state index in [-0.39, 0.29) is 0 Å². The van der Waals surface area contributed by atoms with E-state index in [1.54, 1.807) is 7.11 Å². The number of methoxy groups -OCH3 is 1. The first-order valence-electron chi connectivity index (χ1n) is 4.99. The van der Waals surface area contributed by atoms with Gasteiger partial charge in [0.05, 0.1) is 18.0 Å². The molecule has 14 heavy (non-hydrogen) atoms. The zero-order valence-corrected chi connectivity index (χ0v) is 8.66. The van der Waals surface area contributed by atoms with Crippen molar-refractivity contribution in [3.05, 3.63) is 24.0 Å². The van der Waals surface area contributed by atoms with Gasteiger partial charge in [-0.25, -0.2) is 0 Å². The Morgan fingerprint density at radius 3 is 2.93 bits per heavy atom. The number of hydrogen-bond donors (Lipinski definition) is 1. The molecule has 1 aliphatic rings. The fraction of sp³-hybridized carbons (Fsp3) is 0.545. The highest BCUT2D eigenvalue weighted by atomic mass is 16.5. The van der Waals surface area contributed by atoms with Crippen LogP contribution in [-0.4, -0.2) is 24.2 Å². The number of aryl methyl sites for hydroxylation is 1. The molecule has 0 saturated heterocycles. The molecule has 76 valence electrons. The first-order chi connectivity index (χ1) is 6.79. The first-order valence-corrected chi connectivity index (χ1v) is 4.99. The second kappa shape index (κ2) is 3.96. The van der Waals surface area contributed by atoms with Crippen LogP contribution >= 0.6 is 0 Å². The van der Waals surface area contributed by atoms with Crippen LogP contribution in [0.1, 0.15) is 18.4 Å². The summed E-state index contributed by atoms with van der Waals surface area (Å²) in [5.41, 5.74) is 2.40. The molecule has 1 aromatic rings. The van der Waals surface area contributed by atoms with Gasteiger partial charge in [-0.1, -0.05) is 0 Å². The highest BCUT2D eigenvalue weighted by molar-refractivity contribution is 5.49. The van der Waals surface area contributed by atoms with Gasteiger partial charge in [0.2, 0.25) is 0 Å². The number of anilines is 1. The molecule has 1 N–H and O–H groups in total. The summed E-state index contributed by atoms with van der Waals surface area (Å²) in [6, 6.07) is 2.58. The van der Waals surface area contributed by atoms with E-state index in [0.29, 0.717) is 12.1 Å². The fourth-order valence-electron chi connectivity index (χ4n) is 1.71. The van der Waals surface area contributed by atoms with Crippen LogP contribution in [0.3, 0.4) is 0 Å². The van der Waals surface area contributed by atoms with E-state index in [1.807, 2.05) is 18.5 Å². The minimum absolute atomic E-state index is 0.449. The molecule has 0 unspecified atom stereocenters. The lowest BCUT2D eigenvalue weighted by atomic mass is 9.89. The molecule has 3 heteroatoms. The summed E-state index contributed by atoms with van der Waals surface area (Å²) < 4.78 is 5.23. The maximum absolute atomic E-state index is 5.23. The minimum Gasteiger partial charge on any atom is -0.381 e. The van der Waals surface area contributed by atoms with Crippen molar-refractivity contribution < 1.29 is 4.74 Å². The lowest BCUT2D eigenvalue weighted by Crippen LogP contribution is -2.40. The van der Waals surface area contributed by atoms with Gasteiger partial charge in [0.25, 0.3) is 0 Å². The zero-order valence-electron chi connectivity index (χ0n) is 8.66. The number of rotatable bonds is 3. The van der Waals surface area contributed by atoms with Gasteiger partial charge >= 0.3 is 0 Å². The van der Waals surface area contributed by atoms with E-state index in [0.717, 1.165) is 18.5 Å². The number of nitrogens with one attached hydrogen (secondary N) is 1. The monoisotopic (exact) mass is 192 g/mol. The third-order valence-electron chi connectivity index (χ3n) is 2.83. The van der Waals surface area contributed by atoms with Crippen molar-refractivity contribution in [3.63, 3.8) is 0 Å². The van der Waals surface area contributed by atoms with Gasteiger partial charge in [0.1, 0.15) is 0 Å². The molecule has 0 radical (unpaired) electrons. The Morgan fingerprint density at radius 1 is 1.50 bits per heavy atom. The van der Waals surface area contributed by atoms with Crippen molar-refractivity contribution >= 4 is 5.69 Å². The number of hydrogen-bond acceptors (Lipinski definition) is 3. The van der Waals surface area contributed by atoms with Crippen molar-refractivity contribution in [1.29, 1.82) is 0 Å². The lowest BCUT2D eigenvalue weighted by Gasteiger charge is -2.35. The van der Waals surface area contributed by atoms with Gasteiger partial charge in [-0.05, 0) is 31.4 Å². The maximum atomic E-state index is 5.23. The Kier molecular flexibility index (Phi) is 2.68. The van der Waals surface area contributed by atoms with E-state index in [1.165, 1.54) is 5.56 Å². The van der Waals surface area contributed by atoms with Crippen LogP contribution in [0.2, 0.25) is 0 Å². The molecule has 3 nitrogen and oxygen atoms in total. The summed E-state index contributed by atoms with van der Waals surface area (Å²) in [6.07, 6.45) is 6.36. The Hall–Kier alpha value is -1.09. The number of ether oxygens (including phenoxy) is 1. The van der Waals surface area contributed by atoms with Gasteiger partial charge in [0, 0.05) is 19.3 Å². The minimum atomic E-state index is 0.449. The molecule has 1 heterocycles. The molecule has 0 aromatic carbocycles. The standard InChI is InChI=1S/C11H16N2O/c1-8-3-4-12-7-11(8)13-9-5-10(6-9)14-2/h3-4,7,9-10,13H,5-6H2,1-2H3. The van der Waals surface area contributed by atoms with Crippen molar-refractivity contribution in [2.45, 2.75) is 31.9 Å². The van der Waals surface area contributed by atoms with Crippen LogP contribution in [0, 0.1) is 6.92 Å². The highest BCUT2D eigenvalue weighted by Gasteiger charge is 2.28. The summed E-state index contributed by atoms with van der Waals surface area (Å²) >= 11 is 0. The zero-order chi connectivity index (χ0) is 9.97. The van der Waals surface area contributed by atoms with Gasteiger partial charge < -0.3 is 10.1 Å². The van der Waals surface area contributed by atoms with Crippen LogP contribution in [0.4, 0.5) is 5.69 Å². The second-order valence-electron chi connectivity index (χ2n) is 3.86. The summed E-state index contributed by atoms with van der Waals surface area (Å²) in [7, 11) is 1.77. The summed E-state index contributed by atoms with van der Waals surface area (Å²) in [4.78, 5) is 4.10. The quantitative estimate of drug-likeness (QED) is 0.795. The number of nitrogens with zero attached hydrogens (tertiary/aromatic N) is 1. The van der Waals surface area contributed by atoms with Crippen LogP contribution in [0.25, 0.3) is 0 Å². The van der Waals surface area contributed by atoms with Crippen molar-refractivity contribution in [3.8, 4) is 0 Å². The molecule has 2 rings (SSSR count). The van der Waals surface area contributed by atoms with Crippen LogP contribution in [0.5, 0.6) is 0 Å². The van der Waals surface area contributed by atoms with Crippen LogP contribution in [0.15, 0.2) is 18.5 Å². The average Bonchev–Trinajstić information content (AvgIpc) is 2.13. The molecule has 1 fully saturated rings. The Morgan fingerprint density at radius 2 is 2.29 bits per heavy atom. The molecule has 0 amide bonds. The number of pyridine rings is 1. The molecule has 0 aliphatic heterocycles. The van der Waals surface area contributed by atoms with Crippen molar-refractivity contribution in [2.24, 2.45) is 0 Å². The van der Waals surface area contributed by atoms with Crippen molar-refractivity contribution in [1.82, 2.24) is 4.98 Å². The van der Waals surface area contributed by atoms with Crippen LogP contribution < -0.4 is 5.32 Å². The third-order valence-corrected chi connectivity index (χ3v) is 2.83. The van der Waals surface area contributed by atoms with E-state index >= 15 is 0 Å². The van der Waals surface area contributed by atoms with Gasteiger partial charge in [0.15, 0.2) is 0 Å². The van der Waals surface area contributed by atoms with Crippen molar-refractivity contribution in [2.75, 3.05) is 12.4 Å². The Labute approximate surface area is 84.5 Å². The largest absolute Gasteiger partial charge is 0.381 e. The molecule has 0 bridgehead atoms. The molecular weight excluding hydrogens is 176 g/mol. The molecule has 0 spiro atoms. The third kappa shape index (κ3) is 1.87. The topological polar surface area (TPSA) is 34.1 Å². The number of aromatic nitrogens is 1. The molecular formula is C11H16N2O. The van der Waals surface area contributed by atoms with Gasteiger partial charge in [-0.15, -0.1) is 0 Å². The van der Waals surface area contributed by atoms with E-state index in [9.17, 15) is 0 Å². The second-order valence-corrected chi connectivity index (χ2v) is 3.86. The van der Waals surface area contributed by atoms with E-state index in [4.69, 9.17) is 4.74 Å². The smallest absolute Gasteiger partial charge is 0.0610 e. The summed E-state index contributed by atoms with van der Waals surface area (Å²) in [5.74, 6) is 0. The normalized spacial score (nSPS) is 25.6. The van der Waals surface area contributed by atoms with E-state index in [2.05, 4.69) is 17.2 Å². The van der Waals surface area contributed by atoms with E-state index < -0.39 is 0 Å². The maximum Gasteiger partial charge on any atom is 0.0610 e. The Bertz CT molecular complexity index is 308. The molecule has 1 aromatic heterocycles. The Balaban J connectivity index is 1.90. The predicted molar refractivity (Wildman–Crippen MR) is 56.4 cm³/mol.